The third-order valence-electron chi connectivity index (χ3n) is 2.71. The summed E-state index contributed by atoms with van der Waals surface area (Å²) in [6.45, 7) is 1.85. The first-order chi connectivity index (χ1) is 9.40. The maximum Gasteiger partial charge on any atom is 0.282 e. The van der Waals surface area contributed by atoms with Gasteiger partial charge in [-0.3, -0.25) is 20.8 Å². The van der Waals surface area contributed by atoms with Gasteiger partial charge in [0, 0.05) is 25.3 Å². The van der Waals surface area contributed by atoms with Gasteiger partial charge in [-0.05, 0) is 19.1 Å². The lowest BCUT2D eigenvalue weighted by molar-refractivity contribution is -0.385. The fourth-order valence-corrected chi connectivity index (χ4v) is 1.70. The van der Waals surface area contributed by atoms with Crippen molar-refractivity contribution in [1.29, 1.82) is 5.26 Å². The highest BCUT2D eigenvalue weighted by Crippen LogP contribution is 2.23. The molecule has 20 heavy (non-hydrogen) atoms. The highest BCUT2D eigenvalue weighted by Gasteiger charge is 2.24. The van der Waals surface area contributed by atoms with Crippen molar-refractivity contribution in [2.24, 2.45) is 11.8 Å². The highest BCUT2D eigenvalue weighted by atomic mass is 16.6. The Labute approximate surface area is 115 Å². The van der Waals surface area contributed by atoms with E-state index in [1.807, 2.05) is 6.07 Å². The van der Waals surface area contributed by atoms with E-state index in [1.165, 1.54) is 30.1 Å². The van der Waals surface area contributed by atoms with E-state index in [-0.39, 0.29) is 23.7 Å². The Balaban J connectivity index is 3.13. The summed E-state index contributed by atoms with van der Waals surface area (Å²) in [4.78, 5) is 23.8. The lowest BCUT2D eigenvalue weighted by Gasteiger charge is -2.18. The molecule has 1 amide bonds. The van der Waals surface area contributed by atoms with Crippen LogP contribution in [0.3, 0.4) is 0 Å². The molecule has 0 aliphatic heterocycles. The van der Waals surface area contributed by atoms with E-state index in [2.05, 4.69) is 5.43 Å². The Morgan fingerprint density at radius 3 is 2.80 bits per heavy atom. The fourth-order valence-electron chi connectivity index (χ4n) is 1.70. The van der Waals surface area contributed by atoms with E-state index >= 15 is 0 Å². The second-order valence-electron chi connectivity index (χ2n) is 4.35. The van der Waals surface area contributed by atoms with Gasteiger partial charge in [-0.1, -0.05) is 0 Å². The predicted octanol–water partition coefficient (Wildman–Crippen LogP) is 1.11. The normalized spacial score (nSPS) is 11.3. The third kappa shape index (κ3) is 3.43. The van der Waals surface area contributed by atoms with Crippen molar-refractivity contribution in [3.05, 3.63) is 33.9 Å². The van der Waals surface area contributed by atoms with Crippen LogP contribution in [-0.2, 0) is 0 Å². The van der Waals surface area contributed by atoms with Gasteiger partial charge in [0.15, 0.2) is 0 Å². The van der Waals surface area contributed by atoms with Crippen LogP contribution in [0.5, 0.6) is 0 Å². The zero-order chi connectivity index (χ0) is 15.3. The molecule has 106 valence electrons. The van der Waals surface area contributed by atoms with Crippen LogP contribution in [-0.4, -0.2) is 29.3 Å². The standard InChI is InChI=1S/C12H15N5O3/c1-8(6-13)7-16(2)12(18)10-5-9(15-14)3-4-11(10)17(19)20/h3-5,8,15H,7,14H2,1-2H3. The highest BCUT2D eigenvalue weighted by molar-refractivity contribution is 5.99. The monoisotopic (exact) mass is 277 g/mol. The molecule has 1 unspecified atom stereocenters. The number of rotatable bonds is 5. The maximum atomic E-state index is 12.2. The molecule has 0 spiro atoms. The van der Waals surface area contributed by atoms with E-state index in [0.717, 1.165) is 0 Å². The summed E-state index contributed by atoms with van der Waals surface area (Å²) in [6, 6.07) is 5.94. The van der Waals surface area contributed by atoms with Gasteiger partial charge in [-0.2, -0.15) is 5.26 Å². The number of amides is 1. The van der Waals surface area contributed by atoms with Gasteiger partial charge in [-0.25, -0.2) is 0 Å². The number of carbonyl (C=O) groups excluding carboxylic acids is 1. The number of anilines is 1. The second kappa shape index (κ2) is 6.49. The van der Waals surface area contributed by atoms with Crippen molar-refractivity contribution in [1.82, 2.24) is 4.90 Å². The Hall–Kier alpha value is -2.66. The number of nitriles is 1. The lowest BCUT2D eigenvalue weighted by atomic mass is 10.1. The first-order valence-electron chi connectivity index (χ1n) is 5.80. The first kappa shape index (κ1) is 15.4. The van der Waals surface area contributed by atoms with Crippen LogP contribution in [0.15, 0.2) is 18.2 Å². The van der Waals surface area contributed by atoms with Crippen LogP contribution in [0.25, 0.3) is 0 Å². The molecule has 0 saturated heterocycles. The number of nitrogens with two attached hydrogens (primary N) is 1. The van der Waals surface area contributed by atoms with Crippen molar-refractivity contribution in [3.63, 3.8) is 0 Å². The Bertz CT molecular complexity index is 567. The molecule has 1 aromatic carbocycles. The van der Waals surface area contributed by atoms with Gasteiger partial charge in [0.05, 0.1) is 16.9 Å². The van der Waals surface area contributed by atoms with Gasteiger partial charge < -0.3 is 10.3 Å². The number of nitrogen functional groups attached to an aromatic ring is 1. The molecule has 1 aromatic rings. The van der Waals surface area contributed by atoms with Crippen molar-refractivity contribution in [2.45, 2.75) is 6.92 Å². The smallest absolute Gasteiger partial charge is 0.282 e. The zero-order valence-electron chi connectivity index (χ0n) is 11.2. The summed E-state index contributed by atoms with van der Waals surface area (Å²) in [7, 11) is 1.49. The first-order valence-corrected chi connectivity index (χ1v) is 5.80. The summed E-state index contributed by atoms with van der Waals surface area (Å²) in [5.74, 6) is 4.34. The quantitative estimate of drug-likeness (QED) is 0.471. The van der Waals surface area contributed by atoms with Gasteiger partial charge in [0.2, 0.25) is 0 Å². The van der Waals surface area contributed by atoms with Gasteiger partial charge >= 0.3 is 0 Å². The van der Waals surface area contributed by atoms with Crippen LogP contribution < -0.4 is 11.3 Å². The molecule has 1 rings (SSSR count). The van der Waals surface area contributed by atoms with Crippen LogP contribution in [0, 0.1) is 27.4 Å². The zero-order valence-corrected chi connectivity index (χ0v) is 11.2. The minimum Gasteiger partial charge on any atom is -0.340 e. The van der Waals surface area contributed by atoms with Gasteiger partial charge in [0.1, 0.15) is 5.56 Å². The number of nitrogens with one attached hydrogen (secondary N) is 1. The lowest BCUT2D eigenvalue weighted by Crippen LogP contribution is -2.31. The number of hydrogen-bond donors (Lipinski definition) is 2. The van der Waals surface area contributed by atoms with Crippen LogP contribution in [0.2, 0.25) is 0 Å². The number of hydrazine groups is 1. The Morgan fingerprint density at radius 1 is 1.65 bits per heavy atom. The molecule has 0 radical (unpaired) electrons. The summed E-state index contributed by atoms with van der Waals surface area (Å²) in [5, 5.41) is 19.7. The number of nitro benzene ring substituents is 1. The van der Waals surface area contributed by atoms with Crippen LogP contribution >= 0.6 is 0 Å². The number of hydrogen-bond acceptors (Lipinski definition) is 6. The largest absolute Gasteiger partial charge is 0.340 e. The van der Waals surface area contributed by atoms with E-state index < -0.39 is 10.8 Å². The number of nitro groups is 1. The predicted molar refractivity (Wildman–Crippen MR) is 72.6 cm³/mol. The van der Waals surface area contributed by atoms with Crippen molar-refractivity contribution in [3.8, 4) is 6.07 Å². The maximum absolute atomic E-state index is 12.2. The van der Waals surface area contributed by atoms with E-state index in [9.17, 15) is 14.9 Å². The number of benzene rings is 1. The SMILES string of the molecule is CC(C#N)CN(C)C(=O)c1cc(NN)ccc1[N+](=O)[O-]. The average Bonchev–Trinajstić information content (AvgIpc) is 2.45. The molecule has 0 aromatic heterocycles. The topological polar surface area (TPSA) is 125 Å². The molecule has 8 heteroatoms. The minimum absolute atomic E-state index is 0.0712. The molecule has 0 saturated carbocycles. The summed E-state index contributed by atoms with van der Waals surface area (Å²) in [5.41, 5.74) is 2.35. The van der Waals surface area contributed by atoms with Crippen molar-refractivity contribution in [2.75, 3.05) is 19.0 Å². The van der Waals surface area contributed by atoms with Crippen molar-refractivity contribution < 1.29 is 9.72 Å². The Kier molecular flexibility index (Phi) is 5.00. The van der Waals surface area contributed by atoms with Crippen molar-refractivity contribution >= 4 is 17.3 Å². The van der Waals surface area contributed by atoms with Gasteiger partial charge in [0.25, 0.3) is 11.6 Å². The molecule has 0 heterocycles. The summed E-state index contributed by atoms with van der Waals surface area (Å²) >= 11 is 0. The summed E-state index contributed by atoms with van der Waals surface area (Å²) in [6.07, 6.45) is 0. The molecule has 3 N–H and O–H groups in total. The van der Waals surface area contributed by atoms with E-state index in [1.54, 1.807) is 6.92 Å². The average molecular weight is 277 g/mol. The second-order valence-corrected chi connectivity index (χ2v) is 4.35. The molecule has 0 fully saturated rings. The number of carbonyl (C=O) groups is 1. The minimum atomic E-state index is -0.630. The van der Waals surface area contributed by atoms with Crippen LogP contribution in [0.1, 0.15) is 17.3 Å². The molecule has 8 nitrogen and oxygen atoms in total. The van der Waals surface area contributed by atoms with E-state index in [0.29, 0.717) is 5.69 Å². The van der Waals surface area contributed by atoms with Crippen LogP contribution in [0.4, 0.5) is 11.4 Å². The Morgan fingerprint density at radius 2 is 2.30 bits per heavy atom. The molecule has 1 atom stereocenters. The molecular weight excluding hydrogens is 262 g/mol. The fraction of sp³-hybridized carbons (Fsp3) is 0.333. The van der Waals surface area contributed by atoms with E-state index in [4.69, 9.17) is 11.1 Å². The third-order valence-corrected chi connectivity index (χ3v) is 2.71. The summed E-state index contributed by atoms with van der Waals surface area (Å²) < 4.78 is 0. The molecule has 0 aliphatic rings. The molecule has 0 aliphatic carbocycles. The molecule has 0 bridgehead atoms. The number of nitrogens with zero attached hydrogens (tertiary/aromatic N) is 3. The van der Waals surface area contributed by atoms with Gasteiger partial charge in [-0.15, -0.1) is 0 Å². The molecular formula is C12H15N5O3.